The van der Waals surface area contributed by atoms with Gasteiger partial charge in [0.15, 0.2) is 11.5 Å². The maximum absolute atomic E-state index is 13.3. The van der Waals surface area contributed by atoms with Crippen LogP contribution in [0.1, 0.15) is 30.7 Å². The molecule has 0 radical (unpaired) electrons. The van der Waals surface area contributed by atoms with Gasteiger partial charge >= 0.3 is 6.03 Å². The van der Waals surface area contributed by atoms with Gasteiger partial charge in [0, 0.05) is 34.2 Å². The molecule has 234 valence electrons. The first-order valence-corrected chi connectivity index (χ1v) is 16.9. The summed E-state index contributed by atoms with van der Waals surface area (Å²) >= 11 is 9.68. The highest BCUT2D eigenvalue weighted by Crippen LogP contribution is 2.36. The number of benzene rings is 3. The molecule has 6 rings (SSSR count). The molecule has 9 nitrogen and oxygen atoms in total. The van der Waals surface area contributed by atoms with Crippen molar-refractivity contribution in [3.8, 4) is 22.8 Å². The highest BCUT2D eigenvalue weighted by atomic mass is 35.5. The average Bonchev–Trinajstić information content (AvgIpc) is 3.66. The molecule has 46 heavy (non-hydrogen) atoms. The summed E-state index contributed by atoms with van der Waals surface area (Å²) in [5.74, 6) is 1.21. The average molecular weight is 670 g/mol. The molecule has 3 aromatic carbocycles. The van der Waals surface area contributed by atoms with Crippen molar-refractivity contribution in [3.05, 3.63) is 113 Å². The van der Waals surface area contributed by atoms with Crippen molar-refractivity contribution in [1.82, 2.24) is 29.7 Å². The van der Waals surface area contributed by atoms with Gasteiger partial charge in [-0.25, -0.2) is 9.48 Å². The Morgan fingerprint density at radius 3 is 2.63 bits per heavy atom. The van der Waals surface area contributed by atoms with Crippen LogP contribution in [0.3, 0.4) is 0 Å². The summed E-state index contributed by atoms with van der Waals surface area (Å²) in [4.78, 5) is 15.2. The number of fused-ring (bicyclic) bond motifs is 1. The highest BCUT2D eigenvalue weighted by molar-refractivity contribution is 7.99. The lowest BCUT2D eigenvalue weighted by molar-refractivity contribution is 0.251. The summed E-state index contributed by atoms with van der Waals surface area (Å²) in [6.07, 6.45) is 3.99. The molecule has 0 bridgehead atoms. The van der Waals surface area contributed by atoms with Gasteiger partial charge in [-0.15, -0.1) is 10.2 Å². The van der Waals surface area contributed by atoms with Crippen LogP contribution in [0.15, 0.2) is 101 Å². The number of carbonyl (C=O) groups is 1. The number of thioether (sulfide) groups is 1. The molecule has 0 aliphatic heterocycles. The summed E-state index contributed by atoms with van der Waals surface area (Å²) < 4.78 is 3.40. The first kappa shape index (κ1) is 31.5. The number of aromatic nitrogens is 5. The zero-order valence-electron chi connectivity index (χ0n) is 25.7. The van der Waals surface area contributed by atoms with E-state index in [1.54, 1.807) is 40.3 Å². The van der Waals surface area contributed by atoms with E-state index in [0.717, 1.165) is 32.3 Å². The fraction of sp³-hybridized carbons (Fsp3) is 0.176. The van der Waals surface area contributed by atoms with Crippen LogP contribution in [-0.2, 0) is 11.3 Å². The van der Waals surface area contributed by atoms with E-state index in [-0.39, 0.29) is 16.5 Å². The zero-order chi connectivity index (χ0) is 32.4. The molecule has 6 aromatic rings. The Kier molecular flexibility index (Phi) is 8.99. The number of amides is 2. The van der Waals surface area contributed by atoms with Crippen LogP contribution in [0.2, 0.25) is 5.02 Å². The van der Waals surface area contributed by atoms with Crippen molar-refractivity contribution in [2.75, 3.05) is 11.6 Å². The minimum Gasteiger partial charge on any atom is -0.508 e. The fourth-order valence-corrected chi connectivity index (χ4v) is 6.31. The summed E-state index contributed by atoms with van der Waals surface area (Å²) in [5.41, 5.74) is 5.04. The normalized spacial score (nSPS) is 11.6. The minimum absolute atomic E-state index is 0.0935. The Hall–Kier alpha value is -4.45. The lowest BCUT2D eigenvalue weighted by Crippen LogP contribution is -2.29. The SMILES string of the molecule is CSC(C)(C)c1cc(NC(=O)NCc2ccccc2Sc2ccc3nnc(-c4cc(O)ccc4Cl)n3c2)n(-c2cccc(C)c2)n1. The van der Waals surface area contributed by atoms with E-state index in [1.165, 1.54) is 6.07 Å². The topological polar surface area (TPSA) is 109 Å². The molecule has 0 atom stereocenters. The number of hydrogen-bond donors (Lipinski definition) is 3. The van der Waals surface area contributed by atoms with E-state index in [9.17, 15) is 9.90 Å². The first-order valence-electron chi connectivity index (χ1n) is 14.5. The standard InChI is InChI=1S/C34H32ClN7O2S2/c1-21-8-7-10-23(16-21)42-31(18-29(40-42)34(2,3)45-4)37-33(44)36-19-22-9-5-6-11-28(22)46-25-13-15-30-38-39-32(41(30)20-25)26-17-24(43)12-14-27(26)35/h5-18,20,43H,19H2,1-4H3,(H2,36,37,44). The smallest absolute Gasteiger partial charge is 0.320 e. The molecule has 2 amide bonds. The molecular formula is C34H32ClN7O2S2. The molecule has 3 aromatic heterocycles. The Morgan fingerprint density at radius 1 is 1.00 bits per heavy atom. The summed E-state index contributed by atoms with van der Waals surface area (Å²) in [7, 11) is 0. The van der Waals surface area contributed by atoms with Gasteiger partial charge in [-0.1, -0.05) is 53.7 Å². The van der Waals surface area contributed by atoms with Crippen LogP contribution in [-0.4, -0.2) is 41.8 Å². The number of urea groups is 1. The van der Waals surface area contributed by atoms with E-state index in [1.807, 2.05) is 84.3 Å². The number of aryl methyl sites for hydroxylation is 1. The largest absolute Gasteiger partial charge is 0.508 e. The van der Waals surface area contributed by atoms with Gasteiger partial charge in [-0.05, 0) is 86.7 Å². The molecule has 12 heteroatoms. The Labute approximate surface area is 280 Å². The number of aromatic hydroxyl groups is 1. The summed E-state index contributed by atoms with van der Waals surface area (Å²) in [6.45, 7) is 6.57. The second-order valence-electron chi connectivity index (χ2n) is 11.2. The van der Waals surface area contributed by atoms with Gasteiger partial charge in [0.1, 0.15) is 11.6 Å². The van der Waals surface area contributed by atoms with Crippen LogP contribution >= 0.6 is 35.1 Å². The lowest BCUT2D eigenvalue weighted by atomic mass is 10.1. The monoisotopic (exact) mass is 669 g/mol. The Morgan fingerprint density at radius 2 is 1.83 bits per heavy atom. The van der Waals surface area contributed by atoms with Gasteiger partial charge < -0.3 is 10.4 Å². The molecule has 0 saturated carbocycles. The molecule has 0 spiro atoms. The van der Waals surface area contributed by atoms with Crippen molar-refractivity contribution in [2.24, 2.45) is 0 Å². The predicted octanol–water partition coefficient (Wildman–Crippen LogP) is 8.32. The number of nitrogens with zero attached hydrogens (tertiary/aromatic N) is 5. The maximum atomic E-state index is 13.3. The van der Waals surface area contributed by atoms with Crippen molar-refractivity contribution in [1.29, 1.82) is 0 Å². The fourth-order valence-electron chi connectivity index (χ4n) is 4.84. The molecular weight excluding hydrogens is 638 g/mol. The van der Waals surface area contributed by atoms with Crippen molar-refractivity contribution < 1.29 is 9.90 Å². The van der Waals surface area contributed by atoms with E-state index in [0.29, 0.717) is 34.4 Å². The molecule has 0 saturated heterocycles. The maximum Gasteiger partial charge on any atom is 0.320 e. The number of pyridine rings is 1. The van der Waals surface area contributed by atoms with Gasteiger partial charge in [0.05, 0.1) is 21.2 Å². The summed E-state index contributed by atoms with van der Waals surface area (Å²) in [6, 6.07) is 26.2. The highest BCUT2D eigenvalue weighted by Gasteiger charge is 2.25. The van der Waals surface area contributed by atoms with Gasteiger partial charge in [0.25, 0.3) is 0 Å². The number of rotatable bonds is 9. The predicted molar refractivity (Wildman–Crippen MR) is 186 cm³/mol. The van der Waals surface area contributed by atoms with Crippen LogP contribution in [0, 0.1) is 6.92 Å². The second kappa shape index (κ2) is 13.1. The van der Waals surface area contributed by atoms with E-state index < -0.39 is 0 Å². The number of phenolic OH excluding ortho intramolecular Hbond substituents is 1. The van der Waals surface area contributed by atoms with Gasteiger partial charge in [0.2, 0.25) is 0 Å². The second-order valence-corrected chi connectivity index (χ2v) is 14.1. The number of nitrogens with one attached hydrogen (secondary N) is 2. The van der Waals surface area contributed by atoms with Crippen molar-refractivity contribution >= 4 is 52.6 Å². The van der Waals surface area contributed by atoms with Crippen LogP contribution in [0.4, 0.5) is 10.6 Å². The number of anilines is 1. The first-order chi connectivity index (χ1) is 22.1. The lowest BCUT2D eigenvalue weighted by Gasteiger charge is -2.18. The number of halogens is 1. The molecule has 0 aliphatic rings. The molecule has 0 aliphatic carbocycles. The number of carbonyl (C=O) groups excluding carboxylic acids is 1. The molecule has 3 heterocycles. The van der Waals surface area contributed by atoms with Gasteiger partial charge in [-0.3, -0.25) is 9.72 Å². The molecule has 0 fully saturated rings. The van der Waals surface area contributed by atoms with E-state index >= 15 is 0 Å². The number of phenols is 1. The van der Waals surface area contributed by atoms with E-state index in [2.05, 4.69) is 40.9 Å². The molecule has 0 unspecified atom stereocenters. The quantitative estimate of drug-likeness (QED) is 0.142. The molecule has 3 N–H and O–H groups in total. The van der Waals surface area contributed by atoms with E-state index in [4.69, 9.17) is 16.7 Å². The zero-order valence-corrected chi connectivity index (χ0v) is 28.0. The van der Waals surface area contributed by atoms with Crippen molar-refractivity contribution in [3.63, 3.8) is 0 Å². The minimum atomic E-state index is -0.333. The van der Waals surface area contributed by atoms with Crippen LogP contribution in [0.5, 0.6) is 5.75 Å². The number of hydrogen-bond acceptors (Lipinski definition) is 7. The van der Waals surface area contributed by atoms with Crippen LogP contribution < -0.4 is 10.6 Å². The third-order valence-electron chi connectivity index (χ3n) is 7.53. The third-order valence-corrected chi connectivity index (χ3v) is 10.2. The van der Waals surface area contributed by atoms with Crippen LogP contribution in [0.25, 0.3) is 22.7 Å². The Balaban J connectivity index is 1.20. The third kappa shape index (κ3) is 6.72. The summed E-state index contributed by atoms with van der Waals surface area (Å²) in [5, 5.41) is 30.0. The van der Waals surface area contributed by atoms with Gasteiger partial charge in [-0.2, -0.15) is 16.9 Å². The Bertz CT molecular complexity index is 2060. The van der Waals surface area contributed by atoms with Crippen molar-refractivity contribution in [2.45, 2.75) is 41.9 Å².